The van der Waals surface area contributed by atoms with Gasteiger partial charge >= 0.3 is 0 Å². The number of aliphatic hydroxyl groups excluding tert-OH is 2. The van der Waals surface area contributed by atoms with E-state index in [1.54, 1.807) is 6.08 Å². The molecule has 0 aromatic heterocycles. The monoisotopic (exact) mass is 332 g/mol. The highest BCUT2D eigenvalue weighted by Gasteiger charge is 2.56. The minimum Gasteiger partial charge on any atom is -0.392 e. The molecule has 4 heteroatoms. The van der Waals surface area contributed by atoms with Crippen LogP contribution in [0.25, 0.3) is 0 Å². The van der Waals surface area contributed by atoms with Crippen LogP contribution in [0.4, 0.5) is 0 Å². The second kappa shape index (κ2) is 5.63. The second-order valence-corrected chi connectivity index (χ2v) is 8.67. The summed E-state index contributed by atoms with van der Waals surface area (Å²) in [6.45, 7) is 9.91. The van der Waals surface area contributed by atoms with Crippen molar-refractivity contribution in [2.24, 2.45) is 22.7 Å². The molecule has 132 valence electrons. The van der Waals surface area contributed by atoms with Crippen LogP contribution in [0.2, 0.25) is 0 Å². The highest BCUT2D eigenvalue weighted by atomic mass is 16.3. The molecule has 0 amide bonds. The second-order valence-electron chi connectivity index (χ2n) is 8.67. The van der Waals surface area contributed by atoms with Gasteiger partial charge in [0.05, 0.1) is 17.6 Å². The Morgan fingerprint density at radius 1 is 1.17 bits per heavy atom. The predicted molar refractivity (Wildman–Crippen MR) is 91.2 cm³/mol. The van der Waals surface area contributed by atoms with E-state index in [-0.39, 0.29) is 28.8 Å². The van der Waals surface area contributed by atoms with Gasteiger partial charge in [-0.3, -0.25) is 9.59 Å². The maximum Gasteiger partial charge on any atom is 0.187 e. The van der Waals surface area contributed by atoms with Crippen molar-refractivity contribution in [3.63, 3.8) is 0 Å². The Morgan fingerprint density at radius 2 is 1.83 bits per heavy atom. The average molecular weight is 332 g/mol. The van der Waals surface area contributed by atoms with Gasteiger partial charge in [0.25, 0.3) is 0 Å². The fourth-order valence-corrected chi connectivity index (χ4v) is 5.14. The molecule has 0 saturated heterocycles. The lowest BCUT2D eigenvalue weighted by molar-refractivity contribution is -0.157. The molecule has 1 fully saturated rings. The zero-order valence-corrected chi connectivity index (χ0v) is 14.8. The van der Waals surface area contributed by atoms with E-state index < -0.39 is 17.6 Å². The third-order valence-electron chi connectivity index (χ3n) is 6.90. The van der Waals surface area contributed by atoms with E-state index in [0.717, 1.165) is 6.42 Å². The minimum atomic E-state index is -0.904. The molecule has 0 spiro atoms. The lowest BCUT2D eigenvalue weighted by atomic mass is 9.52. The quantitative estimate of drug-likeness (QED) is 0.669. The van der Waals surface area contributed by atoms with Crippen LogP contribution in [0.3, 0.4) is 0 Å². The van der Waals surface area contributed by atoms with Gasteiger partial charge in [-0.15, -0.1) is 0 Å². The number of Topliss-reactive ketones (excluding diaryl/α,β-unsaturated/α-hetero) is 2. The van der Waals surface area contributed by atoms with Gasteiger partial charge in [-0.1, -0.05) is 26.5 Å². The molecule has 3 aliphatic carbocycles. The number of fused-ring (bicyclic) bond motifs is 2. The SMILES string of the molecule is C=C1C(=O)C2=CC1CCC(=O)C1(C)C(O)CCC(C)(C)C1CC2O. The highest BCUT2D eigenvalue weighted by Crippen LogP contribution is 2.55. The number of carbonyl (C=O) groups is 2. The highest BCUT2D eigenvalue weighted by molar-refractivity contribution is 6.11. The van der Waals surface area contributed by atoms with Gasteiger partial charge in [0.2, 0.25) is 0 Å². The topological polar surface area (TPSA) is 74.6 Å². The lowest BCUT2D eigenvalue weighted by Gasteiger charge is -2.53. The van der Waals surface area contributed by atoms with Gasteiger partial charge in [-0.25, -0.2) is 0 Å². The fourth-order valence-electron chi connectivity index (χ4n) is 5.14. The summed E-state index contributed by atoms with van der Waals surface area (Å²) in [6, 6.07) is 0. The molecule has 0 aliphatic heterocycles. The number of hydrogen-bond acceptors (Lipinski definition) is 4. The number of aliphatic hydroxyl groups is 2. The van der Waals surface area contributed by atoms with E-state index in [9.17, 15) is 19.8 Å². The summed E-state index contributed by atoms with van der Waals surface area (Å²) >= 11 is 0. The number of carbonyl (C=O) groups excluding carboxylic acids is 2. The molecular weight excluding hydrogens is 304 g/mol. The molecule has 3 rings (SSSR count). The Balaban J connectivity index is 2.07. The van der Waals surface area contributed by atoms with Crippen LogP contribution in [0.5, 0.6) is 0 Å². The van der Waals surface area contributed by atoms with Gasteiger partial charge in [-0.2, -0.15) is 0 Å². The van der Waals surface area contributed by atoms with Crippen molar-refractivity contribution in [3.8, 4) is 0 Å². The van der Waals surface area contributed by atoms with E-state index in [2.05, 4.69) is 20.4 Å². The summed E-state index contributed by atoms with van der Waals surface area (Å²) in [6.07, 6.45) is 2.78. The molecule has 0 radical (unpaired) electrons. The smallest absolute Gasteiger partial charge is 0.187 e. The number of ketones is 2. The van der Waals surface area contributed by atoms with E-state index in [1.165, 1.54) is 0 Å². The molecular formula is C20H28O4. The van der Waals surface area contributed by atoms with Gasteiger partial charge in [0.15, 0.2) is 5.78 Å². The van der Waals surface area contributed by atoms with Crippen LogP contribution in [-0.4, -0.2) is 34.0 Å². The molecule has 1 saturated carbocycles. The number of allylic oxidation sites excluding steroid dienone is 2. The molecule has 24 heavy (non-hydrogen) atoms. The van der Waals surface area contributed by atoms with Crippen LogP contribution < -0.4 is 0 Å². The van der Waals surface area contributed by atoms with Crippen LogP contribution in [-0.2, 0) is 9.59 Å². The van der Waals surface area contributed by atoms with Gasteiger partial charge in [0.1, 0.15) is 5.78 Å². The average Bonchev–Trinajstić information content (AvgIpc) is 2.80. The molecule has 3 aliphatic rings. The predicted octanol–water partition coefficient (Wildman–Crippen LogP) is 2.59. The van der Waals surface area contributed by atoms with Gasteiger partial charge in [-0.05, 0) is 49.5 Å². The van der Waals surface area contributed by atoms with Crippen molar-refractivity contribution in [2.45, 2.75) is 65.1 Å². The Kier molecular flexibility index (Phi) is 4.12. The van der Waals surface area contributed by atoms with Crippen molar-refractivity contribution in [1.29, 1.82) is 0 Å². The zero-order valence-electron chi connectivity index (χ0n) is 14.8. The zero-order chi connectivity index (χ0) is 17.9. The first-order chi connectivity index (χ1) is 11.1. The fraction of sp³-hybridized carbons (Fsp3) is 0.700. The molecule has 2 bridgehead atoms. The molecule has 0 aromatic carbocycles. The van der Waals surface area contributed by atoms with Gasteiger partial charge < -0.3 is 10.2 Å². The third-order valence-corrected chi connectivity index (χ3v) is 6.90. The molecule has 5 unspecified atom stereocenters. The van der Waals surface area contributed by atoms with Crippen molar-refractivity contribution < 1.29 is 19.8 Å². The summed E-state index contributed by atoms with van der Waals surface area (Å²) < 4.78 is 0. The molecule has 2 N–H and O–H groups in total. The summed E-state index contributed by atoms with van der Waals surface area (Å²) in [4.78, 5) is 25.5. The maximum atomic E-state index is 13.1. The Morgan fingerprint density at radius 3 is 2.50 bits per heavy atom. The minimum absolute atomic E-state index is 0.0453. The van der Waals surface area contributed by atoms with E-state index in [4.69, 9.17) is 0 Å². The Labute approximate surface area is 143 Å². The summed E-state index contributed by atoms with van der Waals surface area (Å²) in [5, 5.41) is 21.4. The van der Waals surface area contributed by atoms with Crippen LogP contribution in [0, 0.1) is 22.7 Å². The number of hydrogen-bond donors (Lipinski definition) is 2. The van der Waals surface area contributed by atoms with Crippen molar-refractivity contribution in [2.75, 3.05) is 0 Å². The van der Waals surface area contributed by atoms with Crippen molar-refractivity contribution >= 4 is 11.6 Å². The van der Waals surface area contributed by atoms with E-state index in [1.807, 2.05) is 6.92 Å². The summed E-state index contributed by atoms with van der Waals surface area (Å²) in [5.41, 5.74) is -0.142. The normalized spacial score (nSPS) is 42.5. The van der Waals surface area contributed by atoms with Crippen molar-refractivity contribution in [3.05, 3.63) is 23.8 Å². The summed E-state index contributed by atoms with van der Waals surface area (Å²) in [5.74, 6) is -0.461. The Hall–Kier alpha value is -1.26. The molecule has 4 nitrogen and oxygen atoms in total. The summed E-state index contributed by atoms with van der Waals surface area (Å²) in [7, 11) is 0. The first kappa shape index (κ1) is 17.6. The van der Waals surface area contributed by atoms with Crippen LogP contribution in [0.1, 0.15) is 52.9 Å². The van der Waals surface area contributed by atoms with E-state index in [0.29, 0.717) is 36.8 Å². The third kappa shape index (κ3) is 2.42. The maximum absolute atomic E-state index is 13.1. The molecule has 0 heterocycles. The molecule has 0 aromatic rings. The van der Waals surface area contributed by atoms with Crippen LogP contribution >= 0.6 is 0 Å². The number of rotatable bonds is 0. The van der Waals surface area contributed by atoms with Crippen molar-refractivity contribution in [1.82, 2.24) is 0 Å². The largest absolute Gasteiger partial charge is 0.392 e. The first-order valence-electron chi connectivity index (χ1n) is 8.93. The lowest BCUT2D eigenvalue weighted by Crippen LogP contribution is -2.55. The standard InChI is InChI=1S/C20H28O4/c1-11-12-5-6-16(22)20(4)15(19(2,3)8-7-17(20)23)10-14(21)13(9-12)18(11)24/h9,12,14-15,17,21,23H,1,5-8,10H2,2-4H3. The van der Waals surface area contributed by atoms with Crippen LogP contribution in [0.15, 0.2) is 23.8 Å². The van der Waals surface area contributed by atoms with Gasteiger partial charge in [0, 0.05) is 17.9 Å². The van der Waals surface area contributed by atoms with E-state index >= 15 is 0 Å². The Bertz CT molecular complexity index is 630. The first-order valence-corrected chi connectivity index (χ1v) is 8.93. The molecule has 5 atom stereocenters.